The number of nitrogens with one attached hydrogen (secondary N) is 2. The Kier molecular flexibility index (Phi) is 7.19. The predicted octanol–water partition coefficient (Wildman–Crippen LogP) is 2.86. The summed E-state index contributed by atoms with van der Waals surface area (Å²) in [5.74, 6) is -0.381. The molecule has 0 unspecified atom stereocenters. The van der Waals surface area contributed by atoms with Crippen molar-refractivity contribution < 1.29 is 34.1 Å². The van der Waals surface area contributed by atoms with Crippen LogP contribution in [0.5, 0.6) is 17.5 Å². The van der Waals surface area contributed by atoms with Crippen LogP contribution in [0.25, 0.3) is 11.3 Å². The molecule has 0 spiro atoms. The molecule has 4 N–H and O–H groups in total. The van der Waals surface area contributed by atoms with E-state index in [0.29, 0.717) is 27.4 Å². The summed E-state index contributed by atoms with van der Waals surface area (Å²) in [5.41, 5.74) is 1.11. The number of nitrogens with zero attached hydrogens (tertiary/aromatic N) is 3. The first-order valence-electron chi connectivity index (χ1n) is 10.3. The highest BCUT2D eigenvalue weighted by Gasteiger charge is 2.17. The first-order chi connectivity index (χ1) is 16.0. The van der Waals surface area contributed by atoms with Crippen molar-refractivity contribution in [1.82, 2.24) is 19.8 Å². The summed E-state index contributed by atoms with van der Waals surface area (Å²) in [6.07, 6.45) is 0.142. The van der Waals surface area contributed by atoms with E-state index in [9.17, 15) is 19.8 Å². The molecular formula is C22H27N5O7. The van der Waals surface area contributed by atoms with Crippen LogP contribution < -0.4 is 20.2 Å². The number of carbonyl (C=O) groups is 2. The Hall–Kier alpha value is -4.35. The highest BCUT2D eigenvalue weighted by Crippen LogP contribution is 2.32. The van der Waals surface area contributed by atoms with Crippen molar-refractivity contribution in [2.45, 2.75) is 26.4 Å². The fourth-order valence-corrected chi connectivity index (χ4v) is 2.92. The maximum atomic E-state index is 12.2. The SMILES string of the molecule is Cn1nccc1-c1cc(NC(=O)On2c(O)ccc2O)ccc1OCCNC(=O)OC(C)(C)C. The van der Waals surface area contributed by atoms with Gasteiger partial charge in [0.2, 0.25) is 11.8 Å². The summed E-state index contributed by atoms with van der Waals surface area (Å²) in [5, 5.41) is 28.5. The van der Waals surface area contributed by atoms with E-state index in [2.05, 4.69) is 15.7 Å². The zero-order chi connectivity index (χ0) is 24.9. The molecule has 12 heteroatoms. The van der Waals surface area contributed by atoms with Crippen molar-refractivity contribution in [2.75, 3.05) is 18.5 Å². The molecular weight excluding hydrogens is 446 g/mol. The van der Waals surface area contributed by atoms with Gasteiger partial charge in [-0.05, 0) is 45.0 Å². The second kappa shape index (κ2) is 10.1. The Bertz CT molecular complexity index is 1140. The lowest BCUT2D eigenvalue weighted by molar-refractivity contribution is 0.0520. The predicted molar refractivity (Wildman–Crippen MR) is 122 cm³/mol. The smallest absolute Gasteiger partial charge is 0.436 e. The fraction of sp³-hybridized carbons (Fsp3) is 0.318. The molecule has 182 valence electrons. The van der Waals surface area contributed by atoms with Gasteiger partial charge >= 0.3 is 12.2 Å². The number of hydrogen-bond acceptors (Lipinski definition) is 8. The first kappa shape index (κ1) is 24.3. The van der Waals surface area contributed by atoms with Crippen molar-refractivity contribution in [3.63, 3.8) is 0 Å². The maximum Gasteiger partial charge on any atom is 0.436 e. The molecule has 3 rings (SSSR count). The van der Waals surface area contributed by atoms with E-state index < -0.39 is 29.5 Å². The van der Waals surface area contributed by atoms with Gasteiger partial charge in [0.05, 0.1) is 12.2 Å². The second-order valence-corrected chi connectivity index (χ2v) is 8.18. The number of ether oxygens (including phenoxy) is 2. The average Bonchev–Trinajstić information content (AvgIpc) is 3.30. The number of benzene rings is 1. The Morgan fingerprint density at radius 1 is 1.06 bits per heavy atom. The Morgan fingerprint density at radius 2 is 1.76 bits per heavy atom. The summed E-state index contributed by atoms with van der Waals surface area (Å²) < 4.78 is 13.3. The summed E-state index contributed by atoms with van der Waals surface area (Å²) in [6, 6.07) is 9.02. The van der Waals surface area contributed by atoms with Gasteiger partial charge in [0.15, 0.2) is 0 Å². The number of aromatic hydroxyl groups is 2. The van der Waals surface area contributed by atoms with Crippen molar-refractivity contribution in [2.24, 2.45) is 7.05 Å². The molecule has 2 aromatic heterocycles. The zero-order valence-electron chi connectivity index (χ0n) is 19.2. The third-order valence-corrected chi connectivity index (χ3v) is 4.32. The number of anilines is 1. The van der Waals surface area contributed by atoms with E-state index in [1.807, 2.05) is 0 Å². The molecule has 0 aliphatic heterocycles. The molecule has 1 aromatic carbocycles. The number of carbonyl (C=O) groups excluding carboxylic acids is 2. The molecule has 12 nitrogen and oxygen atoms in total. The molecule has 0 saturated heterocycles. The van der Waals surface area contributed by atoms with Crippen LogP contribution in [0.3, 0.4) is 0 Å². The van der Waals surface area contributed by atoms with Crippen LogP contribution in [-0.4, -0.2) is 55.7 Å². The number of alkyl carbamates (subject to hydrolysis) is 1. The van der Waals surface area contributed by atoms with Crippen LogP contribution >= 0.6 is 0 Å². The molecule has 0 atom stereocenters. The molecule has 0 aliphatic rings. The van der Waals surface area contributed by atoms with Gasteiger partial charge in [0, 0.05) is 36.6 Å². The van der Waals surface area contributed by atoms with E-state index in [-0.39, 0.29) is 13.2 Å². The molecule has 3 aromatic rings. The average molecular weight is 473 g/mol. The Morgan fingerprint density at radius 3 is 2.38 bits per heavy atom. The van der Waals surface area contributed by atoms with Gasteiger partial charge < -0.3 is 29.8 Å². The van der Waals surface area contributed by atoms with E-state index in [1.54, 1.807) is 63.0 Å². The molecule has 0 fully saturated rings. The van der Waals surface area contributed by atoms with Gasteiger partial charge in [-0.3, -0.25) is 10.00 Å². The van der Waals surface area contributed by atoms with Crippen LogP contribution in [-0.2, 0) is 11.8 Å². The Labute approximate surface area is 195 Å². The quantitative estimate of drug-likeness (QED) is 0.383. The lowest BCUT2D eigenvalue weighted by Gasteiger charge is -2.20. The van der Waals surface area contributed by atoms with Crippen LogP contribution in [0.4, 0.5) is 15.3 Å². The minimum atomic E-state index is -0.937. The summed E-state index contributed by atoms with van der Waals surface area (Å²) >= 11 is 0. The minimum absolute atomic E-state index is 0.172. The van der Waals surface area contributed by atoms with Crippen molar-refractivity contribution in [3.8, 4) is 28.8 Å². The largest absolute Gasteiger partial charge is 0.492 e. The van der Waals surface area contributed by atoms with Gasteiger partial charge in [0.1, 0.15) is 18.0 Å². The fourth-order valence-electron chi connectivity index (χ4n) is 2.92. The van der Waals surface area contributed by atoms with Crippen LogP contribution in [0.15, 0.2) is 42.6 Å². The van der Waals surface area contributed by atoms with E-state index in [4.69, 9.17) is 14.3 Å². The third-order valence-electron chi connectivity index (χ3n) is 4.32. The normalized spacial score (nSPS) is 11.1. The van der Waals surface area contributed by atoms with Crippen molar-refractivity contribution in [1.29, 1.82) is 0 Å². The molecule has 0 aliphatic carbocycles. The molecule has 0 saturated carbocycles. The lowest BCUT2D eigenvalue weighted by Crippen LogP contribution is -2.34. The minimum Gasteiger partial charge on any atom is -0.492 e. The van der Waals surface area contributed by atoms with Crippen molar-refractivity contribution in [3.05, 3.63) is 42.6 Å². The maximum absolute atomic E-state index is 12.2. The van der Waals surface area contributed by atoms with Gasteiger partial charge in [0.25, 0.3) is 0 Å². The highest BCUT2D eigenvalue weighted by atomic mass is 16.7. The van der Waals surface area contributed by atoms with Gasteiger partial charge in [-0.2, -0.15) is 5.10 Å². The number of aromatic nitrogens is 3. The topological polar surface area (TPSA) is 149 Å². The monoisotopic (exact) mass is 473 g/mol. The molecule has 0 bridgehead atoms. The molecule has 0 radical (unpaired) electrons. The van der Waals surface area contributed by atoms with E-state index in [1.165, 1.54) is 12.1 Å². The molecule has 2 amide bonds. The van der Waals surface area contributed by atoms with E-state index in [0.717, 1.165) is 0 Å². The number of amides is 2. The summed E-state index contributed by atoms with van der Waals surface area (Å²) in [4.78, 5) is 28.9. The Balaban J connectivity index is 1.69. The first-order valence-corrected chi connectivity index (χ1v) is 10.3. The molecule has 2 heterocycles. The van der Waals surface area contributed by atoms with Crippen LogP contribution in [0, 0.1) is 0 Å². The second-order valence-electron chi connectivity index (χ2n) is 8.18. The van der Waals surface area contributed by atoms with Crippen molar-refractivity contribution >= 4 is 17.9 Å². The number of aryl methyl sites for hydroxylation is 1. The van der Waals surface area contributed by atoms with Crippen LogP contribution in [0.2, 0.25) is 0 Å². The highest BCUT2D eigenvalue weighted by molar-refractivity contribution is 5.87. The summed E-state index contributed by atoms with van der Waals surface area (Å²) in [7, 11) is 1.76. The third kappa shape index (κ3) is 6.34. The summed E-state index contributed by atoms with van der Waals surface area (Å²) in [6.45, 7) is 5.72. The van der Waals surface area contributed by atoms with Crippen LogP contribution in [0.1, 0.15) is 20.8 Å². The van der Waals surface area contributed by atoms with E-state index >= 15 is 0 Å². The van der Waals surface area contributed by atoms with Gasteiger partial charge in [-0.1, -0.05) is 0 Å². The van der Waals surface area contributed by atoms with Gasteiger partial charge in [-0.25, -0.2) is 9.59 Å². The number of rotatable bonds is 7. The molecule has 34 heavy (non-hydrogen) atoms. The lowest BCUT2D eigenvalue weighted by atomic mass is 10.1. The number of hydrogen-bond donors (Lipinski definition) is 4. The van der Waals surface area contributed by atoms with Gasteiger partial charge in [-0.15, -0.1) is 4.73 Å². The zero-order valence-corrected chi connectivity index (χ0v) is 19.2. The standard InChI is InChI=1S/C22H27N5O7/c1-22(2,3)33-20(30)23-11-12-32-17-6-5-14(13-15(17)16-9-10-24-26(16)4)25-21(31)34-27-18(28)7-8-19(27)29/h5-10,13,28-29H,11-12H2,1-4H3,(H,23,30)(H,25,31).